The standard InChI is InChI=1S/C14H18ClNO4/c1-10(17)12-8-11(15)4-5-13(12)20-9-14(18)16-6-3-7-19-2/h4-5,8H,3,6-7,9H2,1-2H3,(H,16,18). The van der Waals surface area contributed by atoms with Gasteiger partial charge in [-0.25, -0.2) is 0 Å². The molecule has 0 aliphatic rings. The van der Waals surface area contributed by atoms with Crippen molar-refractivity contribution in [3.05, 3.63) is 28.8 Å². The number of benzene rings is 1. The van der Waals surface area contributed by atoms with E-state index in [4.69, 9.17) is 21.1 Å². The number of Topliss-reactive ketones (excluding diaryl/α,β-unsaturated/α-hetero) is 1. The van der Waals surface area contributed by atoms with Gasteiger partial charge in [0.25, 0.3) is 5.91 Å². The Morgan fingerprint density at radius 2 is 2.10 bits per heavy atom. The van der Waals surface area contributed by atoms with Crippen LogP contribution < -0.4 is 10.1 Å². The maximum atomic E-state index is 11.5. The van der Waals surface area contributed by atoms with Crippen LogP contribution in [0.4, 0.5) is 0 Å². The highest BCUT2D eigenvalue weighted by Gasteiger charge is 2.11. The second-order valence-corrected chi connectivity index (χ2v) is 4.62. The van der Waals surface area contributed by atoms with E-state index in [1.807, 2.05) is 0 Å². The lowest BCUT2D eigenvalue weighted by atomic mass is 10.1. The lowest BCUT2D eigenvalue weighted by molar-refractivity contribution is -0.123. The molecule has 5 nitrogen and oxygen atoms in total. The highest BCUT2D eigenvalue weighted by molar-refractivity contribution is 6.31. The third-order valence-electron chi connectivity index (χ3n) is 2.53. The number of halogens is 1. The SMILES string of the molecule is COCCCNC(=O)COc1ccc(Cl)cc1C(C)=O. The maximum absolute atomic E-state index is 11.5. The van der Waals surface area contributed by atoms with Crippen LogP contribution in [0.1, 0.15) is 23.7 Å². The van der Waals surface area contributed by atoms with Crippen molar-refractivity contribution in [3.8, 4) is 5.75 Å². The predicted octanol–water partition coefficient (Wildman–Crippen LogP) is 2.07. The van der Waals surface area contributed by atoms with Crippen molar-refractivity contribution >= 4 is 23.3 Å². The zero-order valence-electron chi connectivity index (χ0n) is 11.6. The normalized spacial score (nSPS) is 10.2. The molecule has 0 aliphatic carbocycles. The first-order valence-electron chi connectivity index (χ1n) is 6.23. The Hall–Kier alpha value is -1.59. The van der Waals surface area contributed by atoms with Gasteiger partial charge in [-0.3, -0.25) is 9.59 Å². The minimum atomic E-state index is -0.245. The van der Waals surface area contributed by atoms with Gasteiger partial charge in [-0.05, 0) is 31.5 Å². The molecule has 0 heterocycles. The number of ether oxygens (including phenoxy) is 2. The summed E-state index contributed by atoms with van der Waals surface area (Å²) in [5, 5.41) is 3.14. The molecular formula is C14H18ClNO4. The number of rotatable bonds is 8. The molecule has 0 aliphatic heterocycles. The summed E-state index contributed by atoms with van der Waals surface area (Å²) in [6, 6.07) is 4.72. The molecule has 0 radical (unpaired) electrons. The molecule has 6 heteroatoms. The van der Waals surface area contributed by atoms with E-state index < -0.39 is 0 Å². The minimum absolute atomic E-state index is 0.144. The highest BCUT2D eigenvalue weighted by Crippen LogP contribution is 2.23. The summed E-state index contributed by atoms with van der Waals surface area (Å²) >= 11 is 5.82. The number of carbonyl (C=O) groups is 2. The summed E-state index contributed by atoms with van der Waals surface area (Å²) < 4.78 is 10.2. The van der Waals surface area contributed by atoms with Crippen molar-refractivity contribution in [3.63, 3.8) is 0 Å². The molecule has 1 amide bonds. The smallest absolute Gasteiger partial charge is 0.257 e. The Balaban J connectivity index is 2.49. The second-order valence-electron chi connectivity index (χ2n) is 4.18. The molecule has 0 fully saturated rings. The van der Waals surface area contributed by atoms with E-state index in [9.17, 15) is 9.59 Å². The quantitative estimate of drug-likeness (QED) is 0.589. The van der Waals surface area contributed by atoms with Gasteiger partial charge in [0, 0.05) is 25.3 Å². The van der Waals surface area contributed by atoms with Gasteiger partial charge >= 0.3 is 0 Å². The third-order valence-corrected chi connectivity index (χ3v) is 2.76. The van der Waals surface area contributed by atoms with Gasteiger partial charge < -0.3 is 14.8 Å². The van der Waals surface area contributed by atoms with Crippen LogP contribution in [0.5, 0.6) is 5.75 Å². The molecule has 0 saturated carbocycles. The molecule has 0 unspecified atom stereocenters. The minimum Gasteiger partial charge on any atom is -0.483 e. The monoisotopic (exact) mass is 299 g/mol. The largest absolute Gasteiger partial charge is 0.483 e. The third kappa shape index (κ3) is 5.59. The van der Waals surface area contributed by atoms with Gasteiger partial charge in [-0.2, -0.15) is 0 Å². The van der Waals surface area contributed by atoms with E-state index in [0.29, 0.717) is 29.5 Å². The lowest BCUT2D eigenvalue weighted by Gasteiger charge is -2.10. The van der Waals surface area contributed by atoms with Crippen LogP contribution in [-0.2, 0) is 9.53 Å². The van der Waals surface area contributed by atoms with E-state index in [2.05, 4.69) is 5.32 Å². The van der Waals surface area contributed by atoms with Crippen LogP contribution in [0.15, 0.2) is 18.2 Å². The zero-order valence-corrected chi connectivity index (χ0v) is 12.3. The van der Waals surface area contributed by atoms with E-state index in [-0.39, 0.29) is 18.3 Å². The second kappa shape index (κ2) is 8.55. The van der Waals surface area contributed by atoms with E-state index >= 15 is 0 Å². The first kappa shape index (κ1) is 16.5. The predicted molar refractivity (Wildman–Crippen MR) is 76.5 cm³/mol. The van der Waals surface area contributed by atoms with Crippen LogP contribution >= 0.6 is 11.6 Å². The lowest BCUT2D eigenvalue weighted by Crippen LogP contribution is -2.30. The van der Waals surface area contributed by atoms with Gasteiger partial charge in [-0.15, -0.1) is 0 Å². The molecule has 1 rings (SSSR count). The fraction of sp³-hybridized carbons (Fsp3) is 0.429. The van der Waals surface area contributed by atoms with Crippen LogP contribution in [0.25, 0.3) is 0 Å². The van der Waals surface area contributed by atoms with Crippen molar-refractivity contribution in [1.82, 2.24) is 5.32 Å². The molecule has 0 aromatic heterocycles. The topological polar surface area (TPSA) is 64.6 Å². The molecule has 0 saturated heterocycles. The molecule has 110 valence electrons. The summed E-state index contributed by atoms with van der Waals surface area (Å²) in [5.74, 6) is -0.0532. The Labute approximate surface area is 123 Å². The summed E-state index contributed by atoms with van der Waals surface area (Å²) in [7, 11) is 1.61. The zero-order chi connectivity index (χ0) is 15.0. The number of ketones is 1. The van der Waals surface area contributed by atoms with E-state index in [1.54, 1.807) is 19.2 Å². The molecule has 1 aromatic rings. The number of nitrogens with one attached hydrogen (secondary N) is 1. The Bertz CT molecular complexity index is 476. The highest BCUT2D eigenvalue weighted by atomic mass is 35.5. The summed E-state index contributed by atoms with van der Waals surface area (Å²) in [6.45, 7) is 2.39. The van der Waals surface area contributed by atoms with Crippen LogP contribution in [-0.4, -0.2) is 38.6 Å². The molecule has 0 atom stereocenters. The van der Waals surface area contributed by atoms with Crippen LogP contribution in [0, 0.1) is 0 Å². The fourth-order valence-electron chi connectivity index (χ4n) is 1.54. The molecule has 0 spiro atoms. The van der Waals surface area contributed by atoms with E-state index in [1.165, 1.54) is 13.0 Å². The van der Waals surface area contributed by atoms with Crippen molar-refractivity contribution < 1.29 is 19.1 Å². The number of methoxy groups -OCH3 is 1. The number of carbonyl (C=O) groups excluding carboxylic acids is 2. The Morgan fingerprint density at radius 1 is 1.35 bits per heavy atom. The first-order chi connectivity index (χ1) is 9.54. The molecule has 1 aromatic carbocycles. The molecule has 20 heavy (non-hydrogen) atoms. The summed E-state index contributed by atoms with van der Waals surface area (Å²) in [5.41, 5.74) is 0.365. The van der Waals surface area contributed by atoms with Crippen LogP contribution in [0.3, 0.4) is 0 Å². The molecule has 1 N–H and O–H groups in total. The maximum Gasteiger partial charge on any atom is 0.257 e. The number of amides is 1. The Kier molecular flexibility index (Phi) is 7.04. The van der Waals surface area contributed by atoms with Gasteiger partial charge in [0.15, 0.2) is 12.4 Å². The van der Waals surface area contributed by atoms with Gasteiger partial charge in [0.2, 0.25) is 0 Å². The first-order valence-corrected chi connectivity index (χ1v) is 6.61. The average Bonchev–Trinajstić information content (AvgIpc) is 2.42. The summed E-state index contributed by atoms with van der Waals surface area (Å²) in [6.07, 6.45) is 0.738. The van der Waals surface area contributed by atoms with Gasteiger partial charge in [0.05, 0.1) is 5.56 Å². The van der Waals surface area contributed by atoms with E-state index in [0.717, 1.165) is 6.42 Å². The van der Waals surface area contributed by atoms with Crippen molar-refractivity contribution in [2.75, 3.05) is 26.9 Å². The fourth-order valence-corrected chi connectivity index (χ4v) is 1.71. The average molecular weight is 300 g/mol. The number of hydrogen-bond donors (Lipinski definition) is 1. The van der Waals surface area contributed by atoms with Gasteiger partial charge in [0.1, 0.15) is 5.75 Å². The number of hydrogen-bond acceptors (Lipinski definition) is 4. The van der Waals surface area contributed by atoms with Gasteiger partial charge in [-0.1, -0.05) is 11.6 Å². The van der Waals surface area contributed by atoms with Crippen molar-refractivity contribution in [2.24, 2.45) is 0 Å². The summed E-state index contributed by atoms with van der Waals surface area (Å²) in [4.78, 5) is 23.0. The Morgan fingerprint density at radius 3 is 2.75 bits per heavy atom. The molecule has 0 bridgehead atoms. The van der Waals surface area contributed by atoms with Crippen molar-refractivity contribution in [2.45, 2.75) is 13.3 Å². The van der Waals surface area contributed by atoms with Crippen LogP contribution in [0.2, 0.25) is 5.02 Å². The van der Waals surface area contributed by atoms with Crippen molar-refractivity contribution in [1.29, 1.82) is 0 Å². The molecular weight excluding hydrogens is 282 g/mol.